The maximum atomic E-state index is 4.62. The zero-order chi connectivity index (χ0) is 15.1. The van der Waals surface area contributed by atoms with Gasteiger partial charge in [0.2, 0.25) is 0 Å². The number of anilines is 1. The predicted octanol–water partition coefficient (Wildman–Crippen LogP) is 3.45. The molecule has 2 aliphatic heterocycles. The van der Waals surface area contributed by atoms with Crippen LogP contribution in [0.3, 0.4) is 0 Å². The van der Waals surface area contributed by atoms with Crippen molar-refractivity contribution in [3.63, 3.8) is 0 Å². The van der Waals surface area contributed by atoms with Gasteiger partial charge in [0.15, 0.2) is 5.84 Å². The highest BCUT2D eigenvalue weighted by Crippen LogP contribution is 2.40. The highest BCUT2D eigenvalue weighted by atomic mass is 32.2. The molecule has 0 saturated carbocycles. The molecule has 3 heterocycles. The van der Waals surface area contributed by atoms with E-state index in [9.17, 15) is 0 Å². The molecule has 0 aliphatic carbocycles. The van der Waals surface area contributed by atoms with Gasteiger partial charge >= 0.3 is 0 Å². The number of hydrogen-bond donors (Lipinski definition) is 0. The first-order valence-electron chi connectivity index (χ1n) is 7.06. The molecule has 0 amide bonds. The number of rotatable bonds is 3. The van der Waals surface area contributed by atoms with Crippen LogP contribution in [-0.2, 0) is 7.05 Å². The minimum Gasteiger partial charge on any atom is -0.334 e. The maximum absolute atomic E-state index is 4.62. The summed E-state index contributed by atoms with van der Waals surface area (Å²) in [6.07, 6.45) is 5.77. The topological polar surface area (TPSA) is 45.8 Å². The molecule has 0 bridgehead atoms. The van der Waals surface area contributed by atoms with Gasteiger partial charge in [-0.05, 0) is 24.0 Å². The van der Waals surface area contributed by atoms with E-state index >= 15 is 0 Å². The van der Waals surface area contributed by atoms with Crippen molar-refractivity contribution in [1.29, 1.82) is 0 Å². The smallest absolute Gasteiger partial charge is 0.166 e. The molecule has 2 aliphatic rings. The number of nitrogens with zero attached hydrogens (tertiary/aromatic N) is 5. The molecule has 0 fully saturated rings. The van der Waals surface area contributed by atoms with Crippen molar-refractivity contribution < 1.29 is 0 Å². The third kappa shape index (κ3) is 2.34. The van der Waals surface area contributed by atoms with E-state index in [-0.39, 0.29) is 4.71 Å². The molecule has 22 heavy (non-hydrogen) atoms. The average molecular weight is 329 g/mol. The van der Waals surface area contributed by atoms with Gasteiger partial charge in [0.1, 0.15) is 11.0 Å². The second kappa shape index (κ2) is 5.48. The van der Waals surface area contributed by atoms with E-state index in [0.717, 1.165) is 33.2 Å². The Morgan fingerprint density at radius 2 is 2.27 bits per heavy atom. The lowest BCUT2D eigenvalue weighted by atomic mass is 10.2. The summed E-state index contributed by atoms with van der Waals surface area (Å²) in [7, 11) is 2.00. The molecule has 1 unspecified atom stereocenters. The van der Waals surface area contributed by atoms with Crippen LogP contribution < -0.4 is 4.90 Å². The first-order chi connectivity index (χ1) is 10.7. The van der Waals surface area contributed by atoms with Gasteiger partial charge in [-0.3, -0.25) is 0 Å². The highest BCUT2D eigenvalue weighted by Gasteiger charge is 2.26. The van der Waals surface area contributed by atoms with Gasteiger partial charge in [-0.2, -0.15) is 0 Å². The van der Waals surface area contributed by atoms with Crippen LogP contribution in [0.2, 0.25) is 0 Å². The number of aliphatic imine (C=N–C) groups is 2. The summed E-state index contributed by atoms with van der Waals surface area (Å²) in [6.45, 7) is 2.15. The number of amidine groups is 1. The van der Waals surface area contributed by atoms with Crippen LogP contribution in [0.5, 0.6) is 0 Å². The Bertz CT molecular complexity index is 820. The third-order valence-corrected chi connectivity index (χ3v) is 5.82. The zero-order valence-electron chi connectivity index (χ0n) is 12.3. The summed E-state index contributed by atoms with van der Waals surface area (Å²) in [5.41, 5.74) is 3.18. The van der Waals surface area contributed by atoms with Crippen LogP contribution in [0.15, 0.2) is 45.6 Å². The van der Waals surface area contributed by atoms with E-state index in [2.05, 4.69) is 46.3 Å². The maximum Gasteiger partial charge on any atom is 0.166 e. The summed E-state index contributed by atoms with van der Waals surface area (Å²) >= 11 is 3.61. The van der Waals surface area contributed by atoms with Gasteiger partial charge < -0.3 is 9.47 Å². The highest BCUT2D eigenvalue weighted by molar-refractivity contribution is 8.19. The SMILES string of the molecule is CCSC1N=C2N=CN(c3ccc4c(c3)ncn4C)C=C2S1. The largest absolute Gasteiger partial charge is 0.334 e. The molecule has 7 heteroatoms. The van der Waals surface area contributed by atoms with Crippen LogP contribution >= 0.6 is 23.5 Å². The fraction of sp³-hybridized carbons (Fsp3) is 0.267. The summed E-state index contributed by atoms with van der Waals surface area (Å²) < 4.78 is 2.26. The van der Waals surface area contributed by atoms with Gasteiger partial charge in [0.25, 0.3) is 0 Å². The van der Waals surface area contributed by atoms with Crippen molar-refractivity contribution in [3.8, 4) is 0 Å². The van der Waals surface area contributed by atoms with Crippen molar-refractivity contribution in [2.75, 3.05) is 10.7 Å². The minimum absolute atomic E-state index is 0.238. The molecular formula is C15H15N5S2. The van der Waals surface area contributed by atoms with E-state index in [1.165, 1.54) is 0 Å². The van der Waals surface area contributed by atoms with Crippen LogP contribution in [0.4, 0.5) is 5.69 Å². The Morgan fingerprint density at radius 1 is 1.36 bits per heavy atom. The molecule has 1 aromatic heterocycles. The molecule has 4 rings (SSSR count). The molecule has 0 saturated heterocycles. The van der Waals surface area contributed by atoms with E-state index in [1.807, 2.05) is 40.9 Å². The summed E-state index contributed by atoms with van der Waals surface area (Å²) in [5.74, 6) is 1.91. The number of fused-ring (bicyclic) bond motifs is 2. The fourth-order valence-electron chi connectivity index (χ4n) is 2.45. The molecule has 112 valence electrons. The van der Waals surface area contributed by atoms with Crippen molar-refractivity contribution >= 4 is 52.4 Å². The lowest BCUT2D eigenvalue weighted by Gasteiger charge is -2.19. The molecule has 0 spiro atoms. The van der Waals surface area contributed by atoms with E-state index in [4.69, 9.17) is 0 Å². The molecule has 5 nitrogen and oxygen atoms in total. The normalized spacial score (nSPS) is 20.3. The quantitative estimate of drug-likeness (QED) is 0.865. The molecule has 2 aromatic rings. The number of benzene rings is 1. The summed E-state index contributed by atoms with van der Waals surface area (Å²) in [4.78, 5) is 16.7. The Kier molecular flexibility index (Phi) is 3.46. The van der Waals surface area contributed by atoms with Gasteiger partial charge in [-0.15, -0.1) is 11.8 Å². The Labute approximate surface area is 137 Å². The number of thioether (sulfide) groups is 2. The monoisotopic (exact) mass is 329 g/mol. The summed E-state index contributed by atoms with van der Waals surface area (Å²) in [6, 6.07) is 6.26. The number of hydrogen-bond acceptors (Lipinski definition) is 6. The van der Waals surface area contributed by atoms with Gasteiger partial charge in [0.05, 0.1) is 22.3 Å². The molecule has 0 radical (unpaired) electrons. The Balaban J connectivity index is 1.64. The van der Waals surface area contributed by atoms with Crippen molar-refractivity contribution in [2.45, 2.75) is 11.6 Å². The van der Waals surface area contributed by atoms with Crippen LogP contribution in [0, 0.1) is 0 Å². The first-order valence-corrected chi connectivity index (χ1v) is 8.99. The number of imidazole rings is 1. The van der Waals surface area contributed by atoms with Gasteiger partial charge in [-0.1, -0.05) is 18.7 Å². The first kappa shape index (κ1) is 13.9. The van der Waals surface area contributed by atoms with Crippen LogP contribution in [0.25, 0.3) is 11.0 Å². The standard InChI is InChI=1S/C15H15N5S2/c1-3-21-15-18-14-13(22-15)7-20(9-17-14)10-4-5-12-11(6-10)16-8-19(12)2/h4-9,15H,3H2,1-2H3. The lowest BCUT2D eigenvalue weighted by Crippen LogP contribution is -2.19. The molecule has 0 N–H and O–H groups in total. The van der Waals surface area contributed by atoms with Gasteiger partial charge in [0, 0.05) is 18.9 Å². The van der Waals surface area contributed by atoms with E-state index < -0.39 is 0 Å². The van der Waals surface area contributed by atoms with Crippen molar-refractivity contribution in [1.82, 2.24) is 9.55 Å². The molecule has 1 aromatic carbocycles. The molecule has 1 atom stereocenters. The van der Waals surface area contributed by atoms with Crippen LogP contribution in [-0.4, -0.2) is 32.2 Å². The minimum atomic E-state index is 0.238. The average Bonchev–Trinajstić information content (AvgIpc) is 3.10. The number of aryl methyl sites for hydroxylation is 1. The Morgan fingerprint density at radius 3 is 3.14 bits per heavy atom. The van der Waals surface area contributed by atoms with Crippen molar-refractivity contribution in [2.24, 2.45) is 17.0 Å². The van der Waals surface area contributed by atoms with E-state index in [1.54, 1.807) is 11.8 Å². The second-order valence-electron chi connectivity index (χ2n) is 5.01. The van der Waals surface area contributed by atoms with Crippen LogP contribution in [0.1, 0.15) is 6.92 Å². The zero-order valence-corrected chi connectivity index (χ0v) is 13.9. The fourth-order valence-corrected chi connectivity index (χ4v) is 4.66. The third-order valence-electron chi connectivity index (χ3n) is 3.55. The Hall–Kier alpha value is -1.73. The lowest BCUT2D eigenvalue weighted by molar-refractivity contribution is 0.947. The summed E-state index contributed by atoms with van der Waals surface area (Å²) in [5, 5.41) is 0. The predicted molar refractivity (Wildman–Crippen MR) is 96.7 cm³/mol. The second-order valence-corrected chi connectivity index (χ2v) is 7.78. The van der Waals surface area contributed by atoms with Crippen molar-refractivity contribution in [3.05, 3.63) is 35.6 Å². The molecular weight excluding hydrogens is 314 g/mol. The van der Waals surface area contributed by atoms with E-state index in [0.29, 0.717) is 0 Å². The number of aromatic nitrogens is 2. The van der Waals surface area contributed by atoms with Gasteiger partial charge in [-0.25, -0.2) is 15.0 Å².